The molecular weight excluding hydrogens is 247 g/mol. The number of carboxylic acid groups (broad SMARTS) is 1. The first-order chi connectivity index (χ1) is 8.00. The predicted octanol–water partition coefficient (Wildman–Crippen LogP) is 2.88. The van der Waals surface area contributed by atoms with Crippen LogP contribution in [0.1, 0.15) is 16.1 Å². The van der Waals surface area contributed by atoms with Crippen molar-refractivity contribution < 1.29 is 14.3 Å². The number of aromatic amines is 1. The number of aryl methyl sites for hydroxylation is 1. The Morgan fingerprint density at radius 2 is 2.24 bits per heavy atom. The number of aromatic nitrogens is 2. The van der Waals surface area contributed by atoms with E-state index in [4.69, 9.17) is 16.7 Å². The number of rotatable bonds is 2. The summed E-state index contributed by atoms with van der Waals surface area (Å²) in [5.41, 5.74) is 1.01. The predicted molar refractivity (Wildman–Crippen MR) is 60.7 cm³/mol. The molecule has 0 amide bonds. The lowest BCUT2D eigenvalue weighted by Crippen LogP contribution is -1.95. The topological polar surface area (TPSA) is 66.0 Å². The van der Waals surface area contributed by atoms with Crippen LogP contribution in [0.25, 0.3) is 11.3 Å². The minimum absolute atomic E-state index is 0.0616. The van der Waals surface area contributed by atoms with Gasteiger partial charge in [-0.05, 0) is 18.6 Å². The lowest BCUT2D eigenvalue weighted by Gasteiger charge is -2.03. The Labute approximate surface area is 101 Å². The van der Waals surface area contributed by atoms with Crippen LogP contribution in [0.3, 0.4) is 0 Å². The molecule has 1 aromatic carbocycles. The van der Waals surface area contributed by atoms with Crippen molar-refractivity contribution in [2.45, 2.75) is 6.92 Å². The van der Waals surface area contributed by atoms with E-state index in [1.807, 2.05) is 0 Å². The van der Waals surface area contributed by atoms with Crippen molar-refractivity contribution in [1.82, 2.24) is 10.2 Å². The number of H-pyrrole nitrogens is 1. The van der Waals surface area contributed by atoms with Crippen LogP contribution in [0.2, 0.25) is 5.02 Å². The van der Waals surface area contributed by atoms with Crippen LogP contribution in [0, 0.1) is 12.7 Å². The first-order valence-corrected chi connectivity index (χ1v) is 5.12. The molecule has 0 saturated carbocycles. The SMILES string of the molecule is Cc1ccc(-c2cc(C(=O)O)[nH]n2)c(Cl)c1F. The van der Waals surface area contributed by atoms with Crippen molar-refractivity contribution in [2.75, 3.05) is 0 Å². The molecule has 0 unspecified atom stereocenters. The van der Waals surface area contributed by atoms with Gasteiger partial charge in [-0.2, -0.15) is 5.10 Å². The summed E-state index contributed by atoms with van der Waals surface area (Å²) in [6.45, 7) is 1.60. The Morgan fingerprint density at radius 1 is 1.53 bits per heavy atom. The summed E-state index contributed by atoms with van der Waals surface area (Å²) in [6.07, 6.45) is 0. The Kier molecular flexibility index (Phi) is 2.85. The van der Waals surface area contributed by atoms with Crippen LogP contribution >= 0.6 is 11.6 Å². The summed E-state index contributed by atoms with van der Waals surface area (Å²) >= 11 is 5.85. The Bertz CT molecular complexity index is 595. The van der Waals surface area contributed by atoms with Gasteiger partial charge < -0.3 is 5.11 Å². The molecular formula is C11H8ClFN2O2. The molecule has 2 rings (SSSR count). The maximum Gasteiger partial charge on any atom is 0.353 e. The molecule has 0 spiro atoms. The van der Waals surface area contributed by atoms with Crippen LogP contribution in [0.5, 0.6) is 0 Å². The quantitative estimate of drug-likeness (QED) is 0.866. The third kappa shape index (κ3) is 2.01. The molecule has 1 aromatic heterocycles. The molecule has 88 valence electrons. The van der Waals surface area contributed by atoms with E-state index in [1.54, 1.807) is 19.1 Å². The number of halogens is 2. The average Bonchev–Trinajstić information content (AvgIpc) is 2.75. The van der Waals surface area contributed by atoms with E-state index in [2.05, 4.69) is 10.2 Å². The van der Waals surface area contributed by atoms with Gasteiger partial charge in [0.25, 0.3) is 0 Å². The second-order valence-electron chi connectivity index (χ2n) is 3.53. The van der Waals surface area contributed by atoms with Crippen molar-refractivity contribution in [1.29, 1.82) is 0 Å². The maximum atomic E-state index is 13.6. The average molecular weight is 255 g/mol. The molecule has 0 radical (unpaired) electrons. The number of hydrogen-bond acceptors (Lipinski definition) is 2. The molecule has 6 heteroatoms. The van der Waals surface area contributed by atoms with Crippen LogP contribution in [-0.4, -0.2) is 21.3 Å². The van der Waals surface area contributed by atoms with Gasteiger partial charge in [0.05, 0.1) is 10.7 Å². The lowest BCUT2D eigenvalue weighted by molar-refractivity contribution is 0.0690. The first kappa shape index (κ1) is 11.6. The van der Waals surface area contributed by atoms with Crippen molar-refractivity contribution in [3.8, 4) is 11.3 Å². The van der Waals surface area contributed by atoms with Gasteiger partial charge in [-0.1, -0.05) is 23.7 Å². The summed E-state index contributed by atoms with van der Waals surface area (Å²) < 4.78 is 13.6. The number of benzene rings is 1. The molecule has 0 bridgehead atoms. The Hall–Kier alpha value is -1.88. The molecule has 2 aromatic rings. The standard InChI is InChI=1S/C11H8ClFN2O2/c1-5-2-3-6(9(12)10(5)13)7-4-8(11(16)17)15-14-7/h2-4H,1H3,(H,14,15)(H,16,17). The van der Waals surface area contributed by atoms with Crippen LogP contribution in [-0.2, 0) is 0 Å². The highest BCUT2D eigenvalue weighted by atomic mass is 35.5. The second-order valence-corrected chi connectivity index (χ2v) is 3.91. The van der Waals surface area contributed by atoms with Crippen molar-refractivity contribution in [2.24, 2.45) is 0 Å². The molecule has 0 aliphatic rings. The van der Waals surface area contributed by atoms with Gasteiger partial charge in [0, 0.05) is 5.56 Å². The fraction of sp³-hybridized carbons (Fsp3) is 0.0909. The highest BCUT2D eigenvalue weighted by molar-refractivity contribution is 6.33. The summed E-state index contributed by atoms with van der Waals surface area (Å²) in [5.74, 6) is -1.66. The minimum Gasteiger partial charge on any atom is -0.477 e. The Morgan fingerprint density at radius 3 is 2.82 bits per heavy atom. The van der Waals surface area contributed by atoms with E-state index in [-0.39, 0.29) is 10.7 Å². The minimum atomic E-state index is -1.13. The van der Waals surface area contributed by atoms with Crippen LogP contribution < -0.4 is 0 Å². The van der Waals surface area contributed by atoms with Crippen molar-refractivity contribution in [3.05, 3.63) is 40.3 Å². The molecule has 4 nitrogen and oxygen atoms in total. The number of carboxylic acids is 1. The third-order valence-corrected chi connectivity index (χ3v) is 2.73. The molecule has 2 N–H and O–H groups in total. The van der Waals surface area contributed by atoms with E-state index < -0.39 is 11.8 Å². The molecule has 1 heterocycles. The zero-order valence-corrected chi connectivity index (χ0v) is 9.55. The molecule has 17 heavy (non-hydrogen) atoms. The van der Waals surface area contributed by atoms with Crippen LogP contribution in [0.15, 0.2) is 18.2 Å². The number of carbonyl (C=O) groups is 1. The van der Waals surface area contributed by atoms with E-state index in [0.717, 1.165) is 0 Å². The highest BCUT2D eigenvalue weighted by Crippen LogP contribution is 2.30. The zero-order chi connectivity index (χ0) is 12.6. The lowest BCUT2D eigenvalue weighted by atomic mass is 10.1. The van der Waals surface area contributed by atoms with Crippen molar-refractivity contribution >= 4 is 17.6 Å². The summed E-state index contributed by atoms with van der Waals surface area (Å²) in [5, 5.41) is 14.8. The van der Waals surface area contributed by atoms with Crippen LogP contribution in [0.4, 0.5) is 4.39 Å². The number of nitrogens with one attached hydrogen (secondary N) is 1. The number of aromatic carboxylic acids is 1. The fourth-order valence-corrected chi connectivity index (χ4v) is 1.72. The monoisotopic (exact) mass is 254 g/mol. The largest absolute Gasteiger partial charge is 0.477 e. The Balaban J connectivity index is 2.53. The molecule has 0 aliphatic carbocycles. The third-order valence-electron chi connectivity index (χ3n) is 2.36. The number of hydrogen-bond donors (Lipinski definition) is 2. The molecule has 0 atom stereocenters. The highest BCUT2D eigenvalue weighted by Gasteiger charge is 2.15. The second kappa shape index (κ2) is 4.18. The summed E-state index contributed by atoms with van der Waals surface area (Å²) in [7, 11) is 0. The molecule has 0 saturated heterocycles. The normalized spacial score (nSPS) is 10.5. The first-order valence-electron chi connectivity index (χ1n) is 4.74. The van der Waals surface area contributed by atoms with Gasteiger partial charge >= 0.3 is 5.97 Å². The van der Waals surface area contributed by atoms with E-state index >= 15 is 0 Å². The van der Waals surface area contributed by atoms with E-state index in [1.165, 1.54) is 6.07 Å². The number of nitrogens with zero attached hydrogens (tertiary/aromatic N) is 1. The smallest absolute Gasteiger partial charge is 0.353 e. The van der Waals surface area contributed by atoms with Gasteiger partial charge in [0.15, 0.2) is 0 Å². The van der Waals surface area contributed by atoms with Gasteiger partial charge in [-0.25, -0.2) is 9.18 Å². The van der Waals surface area contributed by atoms with E-state index in [9.17, 15) is 9.18 Å². The molecule has 0 aliphatic heterocycles. The zero-order valence-electron chi connectivity index (χ0n) is 8.79. The fourth-order valence-electron chi connectivity index (χ4n) is 1.41. The van der Waals surface area contributed by atoms with Gasteiger partial charge in [0.2, 0.25) is 0 Å². The van der Waals surface area contributed by atoms with Gasteiger partial charge in [-0.15, -0.1) is 0 Å². The maximum absolute atomic E-state index is 13.6. The van der Waals surface area contributed by atoms with Gasteiger partial charge in [0.1, 0.15) is 11.5 Å². The summed E-state index contributed by atoms with van der Waals surface area (Å²) in [4.78, 5) is 10.7. The van der Waals surface area contributed by atoms with Crippen molar-refractivity contribution in [3.63, 3.8) is 0 Å². The van der Waals surface area contributed by atoms with Gasteiger partial charge in [-0.3, -0.25) is 5.10 Å². The van der Waals surface area contributed by atoms with E-state index in [0.29, 0.717) is 16.8 Å². The molecule has 0 fully saturated rings. The summed E-state index contributed by atoms with van der Waals surface area (Å²) in [6, 6.07) is 4.46.